The Morgan fingerprint density at radius 3 is 2.05 bits per heavy atom. The number of carboxylic acids is 2. The summed E-state index contributed by atoms with van der Waals surface area (Å²) in [5, 5.41) is 64.1. The zero-order valence-corrected chi connectivity index (χ0v) is 10.5. The van der Waals surface area contributed by atoms with Crippen LogP contribution in [0.5, 0.6) is 0 Å². The molecule has 11 nitrogen and oxygen atoms in total. The normalized spacial score (nSPS) is 36.0. The number of carboxylic acid groups (broad SMARTS) is 2. The molecule has 122 valence electrons. The highest BCUT2D eigenvalue weighted by Crippen LogP contribution is 2.23. The van der Waals surface area contributed by atoms with Crippen molar-refractivity contribution >= 4 is 11.9 Å². The molecule has 0 spiro atoms. The van der Waals surface area contributed by atoms with Gasteiger partial charge in [0.2, 0.25) is 0 Å². The van der Waals surface area contributed by atoms with E-state index >= 15 is 0 Å². The largest absolute Gasteiger partial charge is 0.479 e. The molecule has 7 atom stereocenters. The average molecular weight is 312 g/mol. The number of rotatable bonds is 6. The van der Waals surface area contributed by atoms with E-state index in [1.54, 1.807) is 0 Å². The Morgan fingerprint density at radius 2 is 1.62 bits per heavy atom. The maximum absolute atomic E-state index is 10.9. The molecule has 7 N–H and O–H groups in total. The number of aliphatic hydroxyl groups excluding tert-OH is 5. The van der Waals surface area contributed by atoms with Gasteiger partial charge in [0.15, 0.2) is 18.5 Å². The smallest absolute Gasteiger partial charge is 0.336 e. The van der Waals surface area contributed by atoms with Crippen LogP contribution in [-0.4, -0.2) is 97.2 Å². The van der Waals surface area contributed by atoms with E-state index in [-0.39, 0.29) is 0 Å². The van der Waals surface area contributed by atoms with E-state index in [1.807, 2.05) is 0 Å². The zero-order valence-electron chi connectivity index (χ0n) is 10.5. The molecule has 0 aromatic heterocycles. The topological polar surface area (TPSA) is 194 Å². The number of aliphatic carboxylic acids is 2. The van der Waals surface area contributed by atoms with Crippen molar-refractivity contribution in [2.24, 2.45) is 0 Å². The van der Waals surface area contributed by atoms with E-state index in [4.69, 9.17) is 20.1 Å². The molecule has 0 aromatic carbocycles. The number of hydrogen-bond acceptors (Lipinski definition) is 9. The summed E-state index contributed by atoms with van der Waals surface area (Å²) in [6, 6.07) is 0. The number of ether oxygens (including phenoxy) is 2. The van der Waals surface area contributed by atoms with Crippen LogP contribution < -0.4 is 0 Å². The number of aliphatic hydroxyl groups is 5. The summed E-state index contributed by atoms with van der Waals surface area (Å²) >= 11 is 0. The van der Waals surface area contributed by atoms with Gasteiger partial charge in [-0.25, -0.2) is 9.59 Å². The first-order chi connectivity index (χ1) is 9.70. The highest BCUT2D eigenvalue weighted by atomic mass is 16.7. The summed E-state index contributed by atoms with van der Waals surface area (Å²) in [7, 11) is 0. The third-order valence-corrected chi connectivity index (χ3v) is 2.91. The standard InChI is InChI=1S/C10H16O11/c11-1-2-3(12)4(13)5(14)10(20-2)21-7(9(18)19)6(15)8(16)17/h2-7,10-15H,1H2,(H,16,17)(H,18,19)/t2-,3-,4+,5-,6?,7?,10?/m1/s1. The van der Waals surface area contributed by atoms with Gasteiger partial charge in [0.25, 0.3) is 0 Å². The SMILES string of the molecule is O=C(O)C(O)C(OC1O[C@H](CO)[C@@H](O)[C@H](O)[C@H]1O)C(=O)O. The second-order valence-electron chi connectivity index (χ2n) is 4.38. The van der Waals surface area contributed by atoms with Crippen molar-refractivity contribution in [2.45, 2.75) is 42.9 Å². The van der Waals surface area contributed by atoms with Gasteiger partial charge in [0.1, 0.15) is 24.4 Å². The summed E-state index contributed by atoms with van der Waals surface area (Å²) in [5.74, 6) is -3.73. The van der Waals surface area contributed by atoms with Gasteiger partial charge in [-0.05, 0) is 0 Å². The first-order valence-electron chi connectivity index (χ1n) is 5.80. The zero-order chi connectivity index (χ0) is 16.3. The maximum atomic E-state index is 10.9. The van der Waals surface area contributed by atoms with Crippen molar-refractivity contribution in [2.75, 3.05) is 6.61 Å². The van der Waals surface area contributed by atoms with Gasteiger partial charge in [-0.15, -0.1) is 0 Å². The molecule has 0 radical (unpaired) electrons. The van der Waals surface area contributed by atoms with Crippen LogP contribution in [0.15, 0.2) is 0 Å². The molecule has 21 heavy (non-hydrogen) atoms. The van der Waals surface area contributed by atoms with Gasteiger partial charge in [-0.3, -0.25) is 0 Å². The van der Waals surface area contributed by atoms with E-state index in [0.717, 1.165) is 0 Å². The lowest BCUT2D eigenvalue weighted by atomic mass is 9.99. The van der Waals surface area contributed by atoms with E-state index in [9.17, 15) is 30.0 Å². The fraction of sp³-hybridized carbons (Fsp3) is 0.800. The Balaban J connectivity index is 2.87. The van der Waals surface area contributed by atoms with Crippen LogP contribution in [0, 0.1) is 0 Å². The van der Waals surface area contributed by atoms with Gasteiger partial charge >= 0.3 is 11.9 Å². The predicted octanol–water partition coefficient (Wildman–Crippen LogP) is -4.30. The van der Waals surface area contributed by atoms with Crippen LogP contribution in [-0.2, 0) is 19.1 Å². The van der Waals surface area contributed by atoms with Crippen LogP contribution in [0.3, 0.4) is 0 Å². The van der Waals surface area contributed by atoms with Gasteiger partial charge in [-0.1, -0.05) is 0 Å². The number of carbonyl (C=O) groups is 2. The lowest BCUT2D eigenvalue weighted by molar-refractivity contribution is -0.314. The Labute approximate surface area is 117 Å². The number of hydrogen-bond donors (Lipinski definition) is 7. The Bertz CT molecular complexity index is 383. The molecule has 1 aliphatic heterocycles. The summed E-state index contributed by atoms with van der Waals surface area (Å²) < 4.78 is 9.50. The van der Waals surface area contributed by atoms with Gasteiger partial charge < -0.3 is 45.2 Å². The highest BCUT2D eigenvalue weighted by molar-refractivity contribution is 5.83. The molecule has 0 bridgehead atoms. The molecule has 1 saturated heterocycles. The lowest BCUT2D eigenvalue weighted by Gasteiger charge is -2.40. The molecule has 0 aromatic rings. The lowest BCUT2D eigenvalue weighted by Crippen LogP contribution is -2.60. The summed E-state index contributed by atoms with van der Waals surface area (Å²) in [5.41, 5.74) is 0. The van der Waals surface area contributed by atoms with Crippen molar-refractivity contribution in [3.05, 3.63) is 0 Å². The van der Waals surface area contributed by atoms with E-state index in [0.29, 0.717) is 0 Å². The fourth-order valence-corrected chi connectivity index (χ4v) is 1.72. The molecule has 0 saturated carbocycles. The van der Waals surface area contributed by atoms with Crippen molar-refractivity contribution in [1.29, 1.82) is 0 Å². The summed E-state index contributed by atoms with van der Waals surface area (Å²) in [6.45, 7) is -0.774. The molecule has 0 amide bonds. The summed E-state index contributed by atoms with van der Waals surface area (Å²) in [6.07, 6.45) is -13.4. The Hall–Kier alpha value is -1.34. The van der Waals surface area contributed by atoms with Crippen LogP contribution in [0.1, 0.15) is 0 Å². The van der Waals surface area contributed by atoms with Crippen molar-refractivity contribution in [3.63, 3.8) is 0 Å². The van der Waals surface area contributed by atoms with Crippen LogP contribution in [0.4, 0.5) is 0 Å². The third kappa shape index (κ3) is 3.85. The van der Waals surface area contributed by atoms with Gasteiger partial charge in [0.05, 0.1) is 6.61 Å². The molecule has 1 aliphatic rings. The molecular weight excluding hydrogens is 296 g/mol. The predicted molar refractivity (Wildman–Crippen MR) is 59.9 cm³/mol. The highest BCUT2D eigenvalue weighted by Gasteiger charge is 2.47. The van der Waals surface area contributed by atoms with E-state index in [1.165, 1.54) is 0 Å². The first-order valence-corrected chi connectivity index (χ1v) is 5.80. The minimum absolute atomic E-state index is 0.774. The molecule has 1 fully saturated rings. The minimum atomic E-state index is -2.45. The molecule has 1 rings (SSSR count). The summed E-state index contributed by atoms with van der Waals surface area (Å²) in [4.78, 5) is 21.5. The molecule has 3 unspecified atom stereocenters. The Morgan fingerprint density at radius 1 is 1.05 bits per heavy atom. The fourth-order valence-electron chi connectivity index (χ4n) is 1.72. The van der Waals surface area contributed by atoms with Crippen LogP contribution in [0.2, 0.25) is 0 Å². The monoisotopic (exact) mass is 312 g/mol. The second-order valence-corrected chi connectivity index (χ2v) is 4.38. The van der Waals surface area contributed by atoms with Crippen molar-refractivity contribution in [1.82, 2.24) is 0 Å². The molecule has 0 aliphatic carbocycles. The maximum Gasteiger partial charge on any atom is 0.336 e. The van der Waals surface area contributed by atoms with Gasteiger partial charge in [0, 0.05) is 0 Å². The van der Waals surface area contributed by atoms with Gasteiger partial charge in [-0.2, -0.15) is 0 Å². The Kier molecular flexibility index (Phi) is 5.98. The van der Waals surface area contributed by atoms with E-state index in [2.05, 4.69) is 4.74 Å². The molecular formula is C10H16O11. The molecule has 11 heteroatoms. The minimum Gasteiger partial charge on any atom is -0.479 e. The second kappa shape index (κ2) is 7.09. The quantitative estimate of drug-likeness (QED) is 0.251. The van der Waals surface area contributed by atoms with E-state index < -0.39 is 61.5 Å². The third-order valence-electron chi connectivity index (χ3n) is 2.91. The molecule has 1 heterocycles. The first kappa shape index (κ1) is 17.7. The van der Waals surface area contributed by atoms with Crippen LogP contribution >= 0.6 is 0 Å². The van der Waals surface area contributed by atoms with Crippen LogP contribution in [0.25, 0.3) is 0 Å². The van der Waals surface area contributed by atoms with Crippen molar-refractivity contribution < 1.29 is 54.8 Å². The van der Waals surface area contributed by atoms with Crippen molar-refractivity contribution in [3.8, 4) is 0 Å². The average Bonchev–Trinajstić information content (AvgIpc) is 2.43.